The van der Waals surface area contributed by atoms with E-state index >= 15 is 0 Å². The summed E-state index contributed by atoms with van der Waals surface area (Å²) in [6, 6.07) is 23.7. The van der Waals surface area contributed by atoms with E-state index in [9.17, 15) is 4.79 Å². The van der Waals surface area contributed by atoms with E-state index in [1.165, 1.54) is 5.56 Å². The zero-order valence-electron chi connectivity index (χ0n) is 18.0. The molecule has 0 aliphatic carbocycles. The molecule has 0 fully saturated rings. The minimum absolute atomic E-state index is 0.00617. The van der Waals surface area contributed by atoms with Crippen LogP contribution in [0.2, 0.25) is 0 Å². The first-order chi connectivity index (χ1) is 15.2. The van der Waals surface area contributed by atoms with Crippen LogP contribution in [0.5, 0.6) is 11.5 Å². The van der Waals surface area contributed by atoms with Gasteiger partial charge in [0.05, 0.1) is 26.8 Å². The highest BCUT2D eigenvalue weighted by Crippen LogP contribution is 2.28. The van der Waals surface area contributed by atoms with Crippen molar-refractivity contribution in [2.45, 2.75) is 18.9 Å². The molecule has 0 radical (unpaired) electrons. The Labute approximate surface area is 183 Å². The Bertz CT molecular complexity index is 968. The summed E-state index contributed by atoms with van der Waals surface area (Å²) in [6.07, 6.45) is 2.12. The van der Waals surface area contributed by atoms with Gasteiger partial charge in [0, 0.05) is 12.2 Å². The van der Waals surface area contributed by atoms with Gasteiger partial charge in [-0.15, -0.1) is 0 Å². The lowest BCUT2D eigenvalue weighted by Crippen LogP contribution is -2.41. The number of methoxy groups -OCH3 is 2. The van der Waals surface area contributed by atoms with E-state index in [-0.39, 0.29) is 11.9 Å². The summed E-state index contributed by atoms with van der Waals surface area (Å²) < 4.78 is 10.6. The van der Waals surface area contributed by atoms with Crippen LogP contribution in [-0.2, 0) is 11.2 Å². The van der Waals surface area contributed by atoms with E-state index in [0.29, 0.717) is 6.54 Å². The minimum atomic E-state index is -0.260. The number of ether oxygens (including phenoxy) is 2. The van der Waals surface area contributed by atoms with Gasteiger partial charge in [-0.3, -0.25) is 4.79 Å². The number of rotatable bonds is 7. The average Bonchev–Trinajstić information content (AvgIpc) is 2.83. The maximum Gasteiger partial charge on any atom is 0.240 e. The standard InChI is InChI=1S/C26H28N2O3/c1-30-22-13-9-20(10-14-22)26(21-11-15-23(31-2)16-12-21)27-25(29)18-28-17-5-7-19-6-3-4-8-24(19)28/h3-4,6,8-16,26H,5,7,17-18H2,1-2H3,(H,27,29). The molecular weight excluding hydrogens is 388 g/mol. The molecule has 0 aromatic heterocycles. The first kappa shape index (κ1) is 20.8. The summed E-state index contributed by atoms with van der Waals surface area (Å²) >= 11 is 0. The van der Waals surface area contributed by atoms with Gasteiger partial charge in [-0.1, -0.05) is 42.5 Å². The van der Waals surface area contributed by atoms with Gasteiger partial charge in [-0.2, -0.15) is 0 Å². The number of carbonyl (C=O) groups is 1. The highest BCUT2D eigenvalue weighted by molar-refractivity contribution is 5.82. The van der Waals surface area contributed by atoms with Crippen LogP contribution in [0, 0.1) is 0 Å². The molecule has 1 aliphatic heterocycles. The zero-order chi connectivity index (χ0) is 21.6. The van der Waals surface area contributed by atoms with Gasteiger partial charge in [-0.05, 0) is 59.9 Å². The van der Waals surface area contributed by atoms with Gasteiger partial charge < -0.3 is 19.7 Å². The second-order valence-corrected chi connectivity index (χ2v) is 7.70. The Kier molecular flexibility index (Phi) is 6.41. The summed E-state index contributed by atoms with van der Waals surface area (Å²) in [5.74, 6) is 1.57. The summed E-state index contributed by atoms with van der Waals surface area (Å²) in [4.78, 5) is 15.3. The van der Waals surface area contributed by atoms with Crippen molar-refractivity contribution < 1.29 is 14.3 Å². The fourth-order valence-electron chi connectivity index (χ4n) is 4.11. The van der Waals surface area contributed by atoms with Crippen LogP contribution in [0.25, 0.3) is 0 Å². The van der Waals surface area contributed by atoms with Crippen molar-refractivity contribution in [3.63, 3.8) is 0 Å². The molecule has 1 heterocycles. The maximum absolute atomic E-state index is 13.1. The van der Waals surface area contributed by atoms with Crippen molar-refractivity contribution in [1.29, 1.82) is 0 Å². The predicted molar refractivity (Wildman–Crippen MR) is 123 cm³/mol. The zero-order valence-corrected chi connectivity index (χ0v) is 18.0. The van der Waals surface area contributed by atoms with Crippen molar-refractivity contribution in [2.75, 3.05) is 32.2 Å². The lowest BCUT2D eigenvalue weighted by Gasteiger charge is -2.31. The Morgan fingerprint density at radius 3 is 2.06 bits per heavy atom. The summed E-state index contributed by atoms with van der Waals surface area (Å²) in [7, 11) is 3.29. The quantitative estimate of drug-likeness (QED) is 0.622. The van der Waals surface area contributed by atoms with E-state index in [2.05, 4.69) is 28.4 Å². The molecule has 3 aromatic rings. The molecule has 0 bridgehead atoms. The molecule has 0 unspecified atom stereocenters. The molecule has 3 aromatic carbocycles. The lowest BCUT2D eigenvalue weighted by molar-refractivity contribution is -0.120. The van der Waals surface area contributed by atoms with Gasteiger partial charge in [0.15, 0.2) is 0 Å². The third-order valence-corrected chi connectivity index (χ3v) is 5.74. The van der Waals surface area contributed by atoms with Crippen molar-refractivity contribution in [1.82, 2.24) is 5.32 Å². The topological polar surface area (TPSA) is 50.8 Å². The van der Waals surface area contributed by atoms with Crippen molar-refractivity contribution in [2.24, 2.45) is 0 Å². The number of nitrogens with zero attached hydrogens (tertiary/aromatic N) is 1. The molecular formula is C26H28N2O3. The summed E-state index contributed by atoms with van der Waals surface area (Å²) in [5, 5.41) is 3.24. The predicted octanol–water partition coefficient (Wildman–Crippen LogP) is 4.36. The number of benzene rings is 3. The largest absolute Gasteiger partial charge is 0.497 e. The maximum atomic E-state index is 13.1. The van der Waals surface area contributed by atoms with Crippen molar-refractivity contribution >= 4 is 11.6 Å². The first-order valence-electron chi connectivity index (χ1n) is 10.6. The highest BCUT2D eigenvalue weighted by atomic mass is 16.5. The number of para-hydroxylation sites is 1. The molecule has 160 valence electrons. The second kappa shape index (κ2) is 9.56. The highest BCUT2D eigenvalue weighted by Gasteiger charge is 2.22. The molecule has 1 aliphatic rings. The number of anilines is 1. The minimum Gasteiger partial charge on any atom is -0.497 e. The fraction of sp³-hybridized carbons (Fsp3) is 0.269. The van der Waals surface area contributed by atoms with Gasteiger partial charge >= 0.3 is 0 Å². The van der Waals surface area contributed by atoms with Crippen LogP contribution < -0.4 is 19.7 Å². The van der Waals surface area contributed by atoms with Crippen LogP contribution in [0.1, 0.15) is 29.2 Å². The summed E-state index contributed by atoms with van der Waals surface area (Å²) in [5.41, 5.74) is 4.47. The van der Waals surface area contributed by atoms with Crippen LogP contribution in [-0.4, -0.2) is 33.2 Å². The van der Waals surface area contributed by atoms with E-state index in [1.807, 2.05) is 54.6 Å². The molecule has 0 atom stereocenters. The number of hydrogen-bond donors (Lipinski definition) is 1. The fourth-order valence-corrected chi connectivity index (χ4v) is 4.11. The number of nitrogens with one attached hydrogen (secondary N) is 1. The molecule has 5 heteroatoms. The van der Waals surface area contributed by atoms with Crippen LogP contribution >= 0.6 is 0 Å². The Morgan fingerprint density at radius 1 is 0.903 bits per heavy atom. The monoisotopic (exact) mass is 416 g/mol. The van der Waals surface area contributed by atoms with Gasteiger partial charge in [0.25, 0.3) is 0 Å². The normalized spacial score (nSPS) is 12.9. The molecule has 4 rings (SSSR count). The molecule has 31 heavy (non-hydrogen) atoms. The van der Waals surface area contributed by atoms with E-state index in [0.717, 1.165) is 47.7 Å². The molecule has 1 amide bonds. The smallest absolute Gasteiger partial charge is 0.240 e. The van der Waals surface area contributed by atoms with Crippen LogP contribution in [0.4, 0.5) is 5.69 Å². The van der Waals surface area contributed by atoms with E-state index in [1.54, 1.807) is 14.2 Å². The third kappa shape index (κ3) is 4.82. The van der Waals surface area contributed by atoms with Crippen LogP contribution in [0.15, 0.2) is 72.8 Å². The molecule has 5 nitrogen and oxygen atoms in total. The van der Waals surface area contributed by atoms with Crippen molar-refractivity contribution in [3.05, 3.63) is 89.5 Å². The number of amides is 1. The van der Waals surface area contributed by atoms with E-state index < -0.39 is 0 Å². The molecule has 0 saturated heterocycles. The number of carbonyl (C=O) groups excluding carboxylic acids is 1. The van der Waals surface area contributed by atoms with Gasteiger partial charge in [0.1, 0.15) is 11.5 Å². The van der Waals surface area contributed by atoms with Gasteiger partial charge in [0.2, 0.25) is 5.91 Å². The Hall–Kier alpha value is -3.47. The second-order valence-electron chi connectivity index (χ2n) is 7.70. The lowest BCUT2D eigenvalue weighted by atomic mass is 9.98. The summed E-state index contributed by atoms with van der Waals surface area (Å²) in [6.45, 7) is 1.22. The van der Waals surface area contributed by atoms with E-state index in [4.69, 9.17) is 9.47 Å². The average molecular weight is 417 g/mol. The number of fused-ring (bicyclic) bond motifs is 1. The van der Waals surface area contributed by atoms with Crippen molar-refractivity contribution in [3.8, 4) is 11.5 Å². The Morgan fingerprint density at radius 2 is 1.48 bits per heavy atom. The Balaban J connectivity index is 1.56. The first-order valence-corrected chi connectivity index (χ1v) is 10.6. The number of hydrogen-bond acceptors (Lipinski definition) is 4. The van der Waals surface area contributed by atoms with Gasteiger partial charge in [-0.25, -0.2) is 0 Å². The van der Waals surface area contributed by atoms with Crippen LogP contribution in [0.3, 0.4) is 0 Å². The molecule has 0 spiro atoms. The third-order valence-electron chi connectivity index (χ3n) is 5.74. The molecule has 1 N–H and O–H groups in total. The number of aryl methyl sites for hydroxylation is 1. The SMILES string of the molecule is COc1ccc(C(NC(=O)CN2CCCc3ccccc32)c2ccc(OC)cc2)cc1. The molecule has 0 saturated carbocycles.